The van der Waals surface area contributed by atoms with Crippen molar-refractivity contribution in [3.63, 3.8) is 0 Å². The number of benzene rings is 2. The molecule has 5 nitrogen and oxygen atoms in total. The Balaban J connectivity index is 1.53. The van der Waals surface area contributed by atoms with Crippen LogP contribution in [0.5, 0.6) is 5.75 Å². The minimum Gasteiger partial charge on any atom is -0.492 e. The maximum atomic E-state index is 11.6. The largest absolute Gasteiger partial charge is 0.492 e. The fourth-order valence-corrected chi connectivity index (χ4v) is 2.98. The Morgan fingerprint density at radius 3 is 2.68 bits per heavy atom. The first-order valence-electron chi connectivity index (χ1n) is 7.58. The van der Waals surface area contributed by atoms with Crippen LogP contribution < -0.4 is 4.74 Å². The molecule has 3 rings (SSSR count). The van der Waals surface area contributed by atoms with E-state index >= 15 is 0 Å². The highest BCUT2D eigenvalue weighted by Gasteiger charge is 2.10. The molecule has 7 heteroatoms. The molecule has 3 aromatic rings. The van der Waals surface area contributed by atoms with Crippen LogP contribution in [0.15, 0.2) is 62.6 Å². The summed E-state index contributed by atoms with van der Waals surface area (Å²) < 4.78 is 12.3. The number of Topliss-reactive ketones (excluding diaryl/α,β-unsaturated/α-hetero) is 1. The average Bonchev–Trinajstić information content (AvgIpc) is 3.08. The third-order valence-corrected chi connectivity index (χ3v) is 4.64. The van der Waals surface area contributed by atoms with E-state index in [0.29, 0.717) is 34.8 Å². The number of thioether (sulfide) groups is 1. The van der Waals surface area contributed by atoms with Crippen LogP contribution in [0, 0.1) is 0 Å². The lowest BCUT2D eigenvalue weighted by atomic mass is 10.1. The van der Waals surface area contributed by atoms with Gasteiger partial charge in [-0.1, -0.05) is 39.8 Å². The molecule has 0 amide bonds. The molecule has 0 saturated carbocycles. The number of hydrogen-bond acceptors (Lipinski definition) is 6. The number of para-hydroxylation sites is 1. The molecule has 1 heterocycles. The molecule has 25 heavy (non-hydrogen) atoms. The van der Waals surface area contributed by atoms with E-state index in [4.69, 9.17) is 9.15 Å². The second kappa shape index (κ2) is 8.31. The molecular weight excluding hydrogens is 404 g/mol. The zero-order valence-electron chi connectivity index (χ0n) is 13.4. The summed E-state index contributed by atoms with van der Waals surface area (Å²) in [5.41, 5.74) is 1.46. The minimum absolute atomic E-state index is 0.0145. The first kappa shape index (κ1) is 17.7. The van der Waals surface area contributed by atoms with Gasteiger partial charge in [-0.25, -0.2) is 0 Å². The zero-order valence-corrected chi connectivity index (χ0v) is 15.8. The van der Waals surface area contributed by atoms with Crippen LogP contribution in [-0.4, -0.2) is 28.3 Å². The summed E-state index contributed by atoms with van der Waals surface area (Å²) in [5.74, 6) is 1.70. The molecule has 0 bridgehead atoms. The van der Waals surface area contributed by atoms with Crippen molar-refractivity contribution in [1.82, 2.24) is 10.2 Å². The van der Waals surface area contributed by atoms with Crippen molar-refractivity contribution >= 4 is 33.5 Å². The topological polar surface area (TPSA) is 65.2 Å². The van der Waals surface area contributed by atoms with Gasteiger partial charge in [0, 0.05) is 15.8 Å². The Hall–Kier alpha value is -2.12. The number of ether oxygens (including phenoxy) is 1. The molecule has 0 radical (unpaired) electrons. The predicted molar refractivity (Wildman–Crippen MR) is 100 cm³/mol. The molecule has 2 aromatic carbocycles. The van der Waals surface area contributed by atoms with Crippen LogP contribution in [0.2, 0.25) is 0 Å². The summed E-state index contributed by atoms with van der Waals surface area (Å²) in [5, 5.41) is 8.57. The van der Waals surface area contributed by atoms with E-state index in [2.05, 4.69) is 26.1 Å². The molecular formula is C18H15BrN2O3S. The summed E-state index contributed by atoms with van der Waals surface area (Å²) in [6.45, 7) is 1.96. The molecule has 0 atom stereocenters. The van der Waals surface area contributed by atoms with Gasteiger partial charge in [-0.3, -0.25) is 4.79 Å². The summed E-state index contributed by atoms with van der Waals surface area (Å²) in [6, 6.07) is 14.9. The van der Waals surface area contributed by atoms with Crippen LogP contribution in [0.4, 0.5) is 0 Å². The predicted octanol–water partition coefficient (Wildman–Crippen LogP) is 4.87. The number of ketones is 1. The van der Waals surface area contributed by atoms with Gasteiger partial charge in [-0.15, -0.1) is 10.2 Å². The van der Waals surface area contributed by atoms with Crippen LogP contribution >= 0.6 is 27.7 Å². The Morgan fingerprint density at radius 2 is 1.92 bits per heavy atom. The molecule has 0 unspecified atom stereocenters. The second-order valence-corrected chi connectivity index (χ2v) is 7.09. The smallest absolute Gasteiger partial charge is 0.276 e. The van der Waals surface area contributed by atoms with Crippen LogP contribution in [0.25, 0.3) is 11.5 Å². The summed E-state index contributed by atoms with van der Waals surface area (Å²) in [7, 11) is 0. The number of halogens is 1. The summed E-state index contributed by atoms with van der Waals surface area (Å²) in [6.07, 6.45) is 0. The van der Waals surface area contributed by atoms with Crippen molar-refractivity contribution < 1.29 is 13.9 Å². The minimum atomic E-state index is -0.0145. The number of carbonyl (C=O) groups is 1. The van der Waals surface area contributed by atoms with E-state index in [0.717, 1.165) is 10.0 Å². The average molecular weight is 419 g/mol. The molecule has 0 aliphatic heterocycles. The molecule has 0 N–H and O–H groups in total. The normalized spacial score (nSPS) is 10.6. The highest BCUT2D eigenvalue weighted by molar-refractivity contribution is 9.10. The number of rotatable bonds is 7. The SMILES string of the molecule is CC(=O)c1ccccc1OCCSc1nnc(-c2ccc(Br)cc2)o1. The van der Waals surface area contributed by atoms with Crippen LogP contribution in [0.3, 0.4) is 0 Å². The van der Waals surface area contributed by atoms with E-state index in [1.807, 2.05) is 36.4 Å². The van der Waals surface area contributed by atoms with Gasteiger partial charge in [0.05, 0.1) is 12.2 Å². The number of hydrogen-bond donors (Lipinski definition) is 0. The van der Waals surface area contributed by atoms with E-state index in [9.17, 15) is 4.79 Å². The van der Waals surface area contributed by atoms with Crippen molar-refractivity contribution in [3.8, 4) is 17.2 Å². The van der Waals surface area contributed by atoms with E-state index in [-0.39, 0.29) is 5.78 Å². The Morgan fingerprint density at radius 1 is 1.16 bits per heavy atom. The zero-order chi connectivity index (χ0) is 17.6. The van der Waals surface area contributed by atoms with Gasteiger partial charge in [0.25, 0.3) is 5.22 Å². The lowest BCUT2D eigenvalue weighted by molar-refractivity contribution is 0.101. The number of aromatic nitrogens is 2. The molecule has 0 fully saturated rings. The Labute approximate surface area is 157 Å². The molecule has 0 spiro atoms. The first-order chi connectivity index (χ1) is 12.1. The fourth-order valence-electron chi connectivity index (χ4n) is 2.14. The summed E-state index contributed by atoms with van der Waals surface area (Å²) in [4.78, 5) is 11.6. The van der Waals surface area contributed by atoms with E-state index in [1.165, 1.54) is 18.7 Å². The van der Waals surface area contributed by atoms with Crippen LogP contribution in [-0.2, 0) is 0 Å². The Kier molecular flexibility index (Phi) is 5.88. The molecule has 0 saturated heterocycles. The Bertz CT molecular complexity index is 865. The molecule has 1 aromatic heterocycles. The quantitative estimate of drug-likeness (QED) is 0.309. The van der Waals surface area contributed by atoms with E-state index < -0.39 is 0 Å². The van der Waals surface area contributed by atoms with Crippen molar-refractivity contribution in [2.24, 2.45) is 0 Å². The molecule has 0 aliphatic rings. The highest BCUT2D eigenvalue weighted by atomic mass is 79.9. The van der Waals surface area contributed by atoms with Gasteiger partial charge < -0.3 is 9.15 Å². The molecule has 128 valence electrons. The van der Waals surface area contributed by atoms with Crippen LogP contribution in [0.1, 0.15) is 17.3 Å². The lowest BCUT2D eigenvalue weighted by Gasteiger charge is -2.08. The standard InChI is InChI=1S/C18H15BrN2O3S/c1-12(22)15-4-2-3-5-16(15)23-10-11-25-18-21-20-17(24-18)13-6-8-14(19)9-7-13/h2-9H,10-11H2,1H3. The van der Waals surface area contributed by atoms with Gasteiger partial charge >= 0.3 is 0 Å². The first-order valence-corrected chi connectivity index (χ1v) is 9.36. The second-order valence-electron chi connectivity index (χ2n) is 5.13. The summed E-state index contributed by atoms with van der Waals surface area (Å²) >= 11 is 4.81. The third-order valence-electron chi connectivity index (χ3n) is 3.33. The molecule has 0 aliphatic carbocycles. The van der Waals surface area contributed by atoms with Gasteiger partial charge in [0.2, 0.25) is 5.89 Å². The van der Waals surface area contributed by atoms with Gasteiger partial charge in [0.1, 0.15) is 5.75 Å². The van der Waals surface area contributed by atoms with Crippen molar-refractivity contribution in [2.45, 2.75) is 12.1 Å². The van der Waals surface area contributed by atoms with E-state index in [1.54, 1.807) is 12.1 Å². The third kappa shape index (κ3) is 4.70. The highest BCUT2D eigenvalue weighted by Crippen LogP contribution is 2.25. The lowest BCUT2D eigenvalue weighted by Crippen LogP contribution is -2.04. The fraction of sp³-hybridized carbons (Fsp3) is 0.167. The van der Waals surface area contributed by atoms with Gasteiger partial charge in [-0.05, 0) is 43.3 Å². The van der Waals surface area contributed by atoms with Crippen molar-refractivity contribution in [1.29, 1.82) is 0 Å². The van der Waals surface area contributed by atoms with Crippen molar-refractivity contribution in [3.05, 3.63) is 58.6 Å². The van der Waals surface area contributed by atoms with Gasteiger partial charge in [0.15, 0.2) is 5.78 Å². The monoisotopic (exact) mass is 418 g/mol. The number of carbonyl (C=O) groups excluding carboxylic acids is 1. The maximum absolute atomic E-state index is 11.6. The van der Waals surface area contributed by atoms with Gasteiger partial charge in [-0.2, -0.15) is 0 Å². The van der Waals surface area contributed by atoms with Crippen molar-refractivity contribution in [2.75, 3.05) is 12.4 Å². The maximum Gasteiger partial charge on any atom is 0.276 e. The number of nitrogens with zero attached hydrogens (tertiary/aromatic N) is 2.